The number of amides is 1. The maximum atomic E-state index is 13.1. The minimum absolute atomic E-state index is 0.0735. The van der Waals surface area contributed by atoms with Gasteiger partial charge in [0, 0.05) is 16.8 Å². The van der Waals surface area contributed by atoms with E-state index < -0.39 is 5.92 Å². The van der Waals surface area contributed by atoms with Gasteiger partial charge in [-0.05, 0) is 36.8 Å². The predicted molar refractivity (Wildman–Crippen MR) is 124 cm³/mol. The molecule has 0 aliphatic carbocycles. The van der Waals surface area contributed by atoms with Crippen LogP contribution in [0.2, 0.25) is 0 Å². The number of anilines is 1. The fraction of sp³-hybridized carbons (Fsp3) is 0.154. The number of hydrogen-bond donors (Lipinski definition) is 2. The predicted octanol–water partition coefficient (Wildman–Crippen LogP) is 5.15. The number of rotatable bonds is 5. The summed E-state index contributed by atoms with van der Waals surface area (Å²) in [5.74, 6) is 1.39. The van der Waals surface area contributed by atoms with E-state index in [9.17, 15) is 4.79 Å². The minimum atomic E-state index is -0.488. The normalized spacial score (nSPS) is 14.7. The molecule has 0 bridgehead atoms. The van der Waals surface area contributed by atoms with E-state index in [-0.39, 0.29) is 5.91 Å². The molecule has 0 fully saturated rings. The number of ether oxygens (including phenoxy) is 2. The van der Waals surface area contributed by atoms with Gasteiger partial charge in [0.05, 0.1) is 25.6 Å². The highest BCUT2D eigenvalue weighted by molar-refractivity contribution is 6.05. The maximum Gasteiger partial charge on any atom is 0.238 e. The van der Waals surface area contributed by atoms with Crippen LogP contribution in [0.15, 0.2) is 66.7 Å². The van der Waals surface area contributed by atoms with E-state index in [1.54, 1.807) is 14.2 Å². The van der Waals surface area contributed by atoms with E-state index in [1.165, 1.54) is 0 Å². The van der Waals surface area contributed by atoms with E-state index in [0.717, 1.165) is 33.6 Å². The van der Waals surface area contributed by atoms with Crippen molar-refractivity contribution in [1.29, 1.82) is 0 Å². The lowest BCUT2D eigenvalue weighted by atomic mass is 9.93. The number of H-pyrrole nitrogens is 1. The monoisotopic (exact) mass is 425 g/mol. The Balaban J connectivity index is 1.72. The van der Waals surface area contributed by atoms with Crippen molar-refractivity contribution in [1.82, 2.24) is 9.97 Å². The Hall–Kier alpha value is -4.06. The molecule has 1 aliphatic rings. The molecule has 6 nitrogen and oxygen atoms in total. The Morgan fingerprint density at radius 3 is 2.41 bits per heavy atom. The number of benzene rings is 3. The molecule has 32 heavy (non-hydrogen) atoms. The van der Waals surface area contributed by atoms with Crippen LogP contribution in [0.5, 0.6) is 11.5 Å². The average molecular weight is 425 g/mol. The van der Waals surface area contributed by atoms with E-state index >= 15 is 0 Å². The largest absolute Gasteiger partial charge is 0.493 e. The quantitative estimate of drug-likeness (QED) is 0.463. The molecule has 0 saturated heterocycles. The van der Waals surface area contributed by atoms with Crippen LogP contribution in [0, 0.1) is 6.92 Å². The molecule has 1 aromatic heterocycles. The number of imidazole rings is 1. The number of fused-ring (bicyclic) bond motifs is 1. The van der Waals surface area contributed by atoms with Gasteiger partial charge in [-0.1, -0.05) is 48.0 Å². The Bertz CT molecular complexity index is 1310. The molecule has 1 unspecified atom stereocenters. The number of nitrogens with zero attached hydrogens (tertiary/aromatic N) is 1. The van der Waals surface area contributed by atoms with Gasteiger partial charge >= 0.3 is 0 Å². The summed E-state index contributed by atoms with van der Waals surface area (Å²) in [6.45, 7) is 2.03. The maximum absolute atomic E-state index is 13.1. The Morgan fingerprint density at radius 1 is 0.875 bits per heavy atom. The second-order valence-electron chi connectivity index (χ2n) is 7.80. The zero-order chi connectivity index (χ0) is 22.2. The summed E-state index contributed by atoms with van der Waals surface area (Å²) in [4.78, 5) is 21.5. The fourth-order valence-corrected chi connectivity index (χ4v) is 4.20. The van der Waals surface area contributed by atoms with Gasteiger partial charge in [-0.25, -0.2) is 4.98 Å². The standard InChI is InChI=1S/C26H23N3O3/c1-15-9-11-19-18(13-15)22(26(30)27-19)24-23(17-10-12-20(31-2)21(14-17)32-3)28-25(29-24)16-7-5-4-6-8-16/h4-14,22H,1-3H3,(H,27,30)(H,28,29). The van der Waals surface area contributed by atoms with Gasteiger partial charge < -0.3 is 19.8 Å². The molecule has 4 aromatic rings. The highest BCUT2D eigenvalue weighted by Gasteiger charge is 2.36. The number of nitrogens with one attached hydrogen (secondary N) is 2. The van der Waals surface area contributed by atoms with Crippen LogP contribution in [0.4, 0.5) is 5.69 Å². The lowest BCUT2D eigenvalue weighted by molar-refractivity contribution is -0.116. The third-order valence-electron chi connectivity index (χ3n) is 5.76. The molecular weight excluding hydrogens is 402 g/mol. The van der Waals surface area contributed by atoms with Gasteiger partial charge in [0.2, 0.25) is 5.91 Å². The van der Waals surface area contributed by atoms with Crippen molar-refractivity contribution >= 4 is 11.6 Å². The first kappa shape index (κ1) is 19.9. The van der Waals surface area contributed by atoms with Crippen molar-refractivity contribution in [3.8, 4) is 34.1 Å². The van der Waals surface area contributed by atoms with Crippen LogP contribution in [0.25, 0.3) is 22.6 Å². The summed E-state index contributed by atoms with van der Waals surface area (Å²) in [7, 11) is 3.21. The molecule has 1 amide bonds. The van der Waals surface area contributed by atoms with Crippen molar-refractivity contribution in [3.63, 3.8) is 0 Å². The van der Waals surface area contributed by atoms with Crippen LogP contribution in [-0.2, 0) is 4.79 Å². The van der Waals surface area contributed by atoms with Crippen LogP contribution >= 0.6 is 0 Å². The zero-order valence-electron chi connectivity index (χ0n) is 18.1. The molecule has 2 N–H and O–H groups in total. The molecule has 3 aromatic carbocycles. The summed E-state index contributed by atoms with van der Waals surface area (Å²) in [6.07, 6.45) is 0. The summed E-state index contributed by atoms with van der Waals surface area (Å²) >= 11 is 0. The molecule has 0 saturated carbocycles. The van der Waals surface area contributed by atoms with Crippen LogP contribution in [-0.4, -0.2) is 30.1 Å². The van der Waals surface area contributed by atoms with Crippen molar-refractivity contribution in [2.75, 3.05) is 19.5 Å². The van der Waals surface area contributed by atoms with Gasteiger partial charge in [-0.2, -0.15) is 0 Å². The average Bonchev–Trinajstić information content (AvgIpc) is 3.39. The summed E-state index contributed by atoms with van der Waals surface area (Å²) < 4.78 is 10.9. The Kier molecular flexibility index (Phi) is 4.90. The lowest BCUT2D eigenvalue weighted by Gasteiger charge is -2.12. The molecular formula is C26H23N3O3. The zero-order valence-corrected chi connectivity index (χ0v) is 18.1. The third kappa shape index (κ3) is 3.30. The number of carbonyl (C=O) groups is 1. The molecule has 2 heterocycles. The molecule has 1 atom stereocenters. The molecule has 160 valence electrons. The van der Waals surface area contributed by atoms with Crippen molar-refractivity contribution in [2.45, 2.75) is 12.8 Å². The number of aryl methyl sites for hydroxylation is 1. The first-order chi connectivity index (χ1) is 15.6. The van der Waals surface area contributed by atoms with Crippen molar-refractivity contribution < 1.29 is 14.3 Å². The summed E-state index contributed by atoms with van der Waals surface area (Å²) in [5.41, 5.74) is 6.12. The number of hydrogen-bond acceptors (Lipinski definition) is 4. The highest BCUT2D eigenvalue weighted by atomic mass is 16.5. The number of carbonyl (C=O) groups excluding carboxylic acids is 1. The van der Waals surface area contributed by atoms with Crippen molar-refractivity contribution in [3.05, 3.63) is 83.6 Å². The fourth-order valence-electron chi connectivity index (χ4n) is 4.20. The third-order valence-corrected chi connectivity index (χ3v) is 5.76. The second kappa shape index (κ2) is 7.89. The topological polar surface area (TPSA) is 76.2 Å². The van der Waals surface area contributed by atoms with Crippen LogP contribution < -0.4 is 14.8 Å². The smallest absolute Gasteiger partial charge is 0.238 e. The number of aromatic amines is 1. The van der Waals surface area contributed by atoms with Gasteiger partial charge in [-0.3, -0.25) is 4.79 Å². The first-order valence-electron chi connectivity index (χ1n) is 10.4. The summed E-state index contributed by atoms with van der Waals surface area (Å²) in [6, 6.07) is 21.6. The van der Waals surface area contributed by atoms with Gasteiger partial charge in [0.1, 0.15) is 11.7 Å². The van der Waals surface area contributed by atoms with E-state index in [2.05, 4.69) is 16.4 Å². The Morgan fingerprint density at radius 2 is 1.66 bits per heavy atom. The van der Waals surface area contributed by atoms with Crippen LogP contribution in [0.3, 0.4) is 0 Å². The molecule has 5 rings (SSSR count). The first-order valence-corrected chi connectivity index (χ1v) is 10.4. The van der Waals surface area contributed by atoms with Gasteiger partial charge in [0.25, 0.3) is 0 Å². The van der Waals surface area contributed by atoms with E-state index in [0.29, 0.717) is 23.0 Å². The molecule has 0 radical (unpaired) electrons. The molecule has 0 spiro atoms. The van der Waals surface area contributed by atoms with E-state index in [1.807, 2.05) is 67.6 Å². The van der Waals surface area contributed by atoms with Crippen LogP contribution in [0.1, 0.15) is 22.7 Å². The Labute approximate surface area is 186 Å². The SMILES string of the molecule is COc1ccc(-c2nc(-c3ccccc3)[nH]c2C2C(=O)Nc3ccc(C)cc32)cc1OC. The van der Waals surface area contributed by atoms with E-state index in [4.69, 9.17) is 14.5 Å². The van der Waals surface area contributed by atoms with Crippen molar-refractivity contribution in [2.24, 2.45) is 0 Å². The molecule has 1 aliphatic heterocycles. The second-order valence-corrected chi connectivity index (χ2v) is 7.80. The van der Waals surface area contributed by atoms with Gasteiger partial charge in [-0.15, -0.1) is 0 Å². The molecule has 6 heteroatoms. The minimum Gasteiger partial charge on any atom is -0.493 e. The summed E-state index contributed by atoms with van der Waals surface area (Å²) in [5, 5.41) is 3.01. The highest BCUT2D eigenvalue weighted by Crippen LogP contribution is 2.42. The van der Waals surface area contributed by atoms with Gasteiger partial charge in [0.15, 0.2) is 11.5 Å². The number of aromatic nitrogens is 2. The number of methoxy groups -OCH3 is 2. The lowest BCUT2D eigenvalue weighted by Crippen LogP contribution is -2.14.